The number of piperidine rings is 2. The molecule has 2 saturated heterocycles. The van der Waals surface area contributed by atoms with Gasteiger partial charge in [0.25, 0.3) is 0 Å². The summed E-state index contributed by atoms with van der Waals surface area (Å²) in [5.41, 5.74) is 0. The molecule has 2 aliphatic rings. The summed E-state index contributed by atoms with van der Waals surface area (Å²) in [4.78, 5) is 9.31. The Bertz CT molecular complexity index is 440. The zero-order valence-corrected chi connectivity index (χ0v) is 14.0. The summed E-state index contributed by atoms with van der Waals surface area (Å²) in [7, 11) is 0. The molecule has 5 nitrogen and oxygen atoms in total. The van der Waals surface area contributed by atoms with Gasteiger partial charge >= 0.3 is 0 Å². The van der Waals surface area contributed by atoms with Crippen molar-refractivity contribution in [3.8, 4) is 0 Å². The first-order chi connectivity index (χ1) is 11.3. The van der Waals surface area contributed by atoms with Crippen LogP contribution in [0.3, 0.4) is 0 Å². The predicted molar refractivity (Wildman–Crippen MR) is 93.8 cm³/mol. The van der Waals surface area contributed by atoms with Gasteiger partial charge < -0.3 is 20.2 Å². The van der Waals surface area contributed by atoms with Crippen LogP contribution in [0.2, 0.25) is 0 Å². The lowest BCUT2D eigenvalue weighted by molar-refractivity contribution is 0.0820. The second-order valence-electron chi connectivity index (χ2n) is 6.83. The van der Waals surface area contributed by atoms with E-state index in [4.69, 9.17) is 0 Å². The number of hydrogen-bond acceptors (Lipinski definition) is 5. The van der Waals surface area contributed by atoms with Gasteiger partial charge in [0.15, 0.2) is 0 Å². The number of rotatable bonds is 6. The molecule has 1 aromatic heterocycles. The maximum atomic E-state index is 9.53. The molecule has 0 saturated carbocycles. The Hall–Kier alpha value is -1.17. The Morgan fingerprint density at radius 3 is 2.57 bits per heavy atom. The predicted octanol–water partition coefficient (Wildman–Crippen LogP) is 1.49. The summed E-state index contributed by atoms with van der Waals surface area (Å²) >= 11 is 0. The molecule has 128 valence electrons. The summed E-state index contributed by atoms with van der Waals surface area (Å²) in [5.74, 6) is 1.11. The number of aromatic nitrogens is 1. The van der Waals surface area contributed by atoms with Crippen molar-refractivity contribution in [3.63, 3.8) is 0 Å². The lowest BCUT2D eigenvalue weighted by Crippen LogP contribution is -2.43. The van der Waals surface area contributed by atoms with E-state index in [0.29, 0.717) is 6.04 Å². The monoisotopic (exact) mass is 318 g/mol. The Morgan fingerprint density at radius 2 is 1.87 bits per heavy atom. The molecule has 0 amide bonds. The smallest absolute Gasteiger partial charge is 0.128 e. The fourth-order valence-electron chi connectivity index (χ4n) is 3.61. The van der Waals surface area contributed by atoms with Crippen LogP contribution < -0.4 is 10.2 Å². The van der Waals surface area contributed by atoms with Crippen molar-refractivity contribution in [1.82, 2.24) is 15.2 Å². The van der Waals surface area contributed by atoms with Gasteiger partial charge in [-0.3, -0.25) is 0 Å². The molecule has 0 aliphatic carbocycles. The number of aliphatic hydroxyl groups is 1. The van der Waals surface area contributed by atoms with Crippen molar-refractivity contribution < 1.29 is 5.11 Å². The molecule has 2 fully saturated rings. The van der Waals surface area contributed by atoms with Crippen molar-refractivity contribution in [3.05, 3.63) is 24.4 Å². The van der Waals surface area contributed by atoms with E-state index in [-0.39, 0.29) is 6.10 Å². The van der Waals surface area contributed by atoms with Gasteiger partial charge in [-0.05, 0) is 57.3 Å². The SMILES string of the molecule is OC1CCN(CCCNC2CCN(c3ccccn3)CC2)CC1. The topological polar surface area (TPSA) is 51.6 Å². The Balaban J connectivity index is 1.28. The minimum atomic E-state index is -0.0614. The van der Waals surface area contributed by atoms with Crippen molar-refractivity contribution in [2.24, 2.45) is 0 Å². The van der Waals surface area contributed by atoms with Crippen molar-refractivity contribution in [2.45, 2.75) is 44.2 Å². The summed E-state index contributed by atoms with van der Waals surface area (Å²) in [6.07, 6.45) is 7.31. The summed E-state index contributed by atoms with van der Waals surface area (Å²) in [6.45, 7) is 6.57. The van der Waals surface area contributed by atoms with Crippen molar-refractivity contribution >= 4 is 5.82 Å². The summed E-state index contributed by atoms with van der Waals surface area (Å²) < 4.78 is 0. The molecule has 2 aliphatic heterocycles. The Kier molecular flexibility index (Phi) is 6.25. The third-order valence-corrected chi connectivity index (χ3v) is 5.11. The summed E-state index contributed by atoms with van der Waals surface area (Å²) in [5, 5.41) is 13.2. The largest absolute Gasteiger partial charge is 0.393 e. The molecule has 2 N–H and O–H groups in total. The molecule has 23 heavy (non-hydrogen) atoms. The van der Waals surface area contributed by atoms with Crippen LogP contribution in [0.5, 0.6) is 0 Å². The molecule has 3 heterocycles. The van der Waals surface area contributed by atoms with Crippen LogP contribution in [0.4, 0.5) is 5.82 Å². The van der Waals surface area contributed by atoms with Crippen LogP contribution in [-0.4, -0.2) is 66.4 Å². The second-order valence-corrected chi connectivity index (χ2v) is 6.83. The zero-order chi connectivity index (χ0) is 15.9. The number of pyridine rings is 1. The van der Waals surface area contributed by atoms with E-state index >= 15 is 0 Å². The van der Waals surface area contributed by atoms with Gasteiger partial charge in [0.1, 0.15) is 5.82 Å². The van der Waals surface area contributed by atoms with E-state index in [9.17, 15) is 5.11 Å². The van der Waals surface area contributed by atoms with Crippen LogP contribution in [0, 0.1) is 0 Å². The van der Waals surface area contributed by atoms with Crippen LogP contribution in [0.1, 0.15) is 32.1 Å². The first kappa shape index (κ1) is 16.7. The molecule has 5 heteroatoms. The number of nitrogens with one attached hydrogen (secondary N) is 1. The molecular formula is C18H30N4O. The highest BCUT2D eigenvalue weighted by Crippen LogP contribution is 2.17. The Labute approximate surface area is 139 Å². The standard InChI is InChI=1S/C18H30N4O/c23-17-7-12-21(13-8-17)11-3-10-19-16-5-14-22(15-6-16)18-4-1-2-9-20-18/h1-2,4,9,16-17,19,23H,3,5-8,10-15H2. The van der Waals surface area contributed by atoms with E-state index in [2.05, 4.69) is 32.2 Å². The zero-order valence-electron chi connectivity index (χ0n) is 14.0. The lowest BCUT2D eigenvalue weighted by Gasteiger charge is -2.33. The highest BCUT2D eigenvalue weighted by Gasteiger charge is 2.20. The van der Waals surface area contributed by atoms with Crippen molar-refractivity contribution in [2.75, 3.05) is 44.2 Å². The van der Waals surface area contributed by atoms with Crippen LogP contribution >= 0.6 is 0 Å². The molecule has 0 bridgehead atoms. The van der Waals surface area contributed by atoms with E-state index in [1.165, 1.54) is 19.3 Å². The fraction of sp³-hybridized carbons (Fsp3) is 0.722. The first-order valence-corrected chi connectivity index (χ1v) is 9.11. The lowest BCUT2D eigenvalue weighted by atomic mass is 10.0. The number of likely N-dealkylation sites (tertiary alicyclic amines) is 1. The molecular weight excluding hydrogens is 288 g/mol. The van der Waals surface area contributed by atoms with E-state index in [0.717, 1.165) is 57.9 Å². The maximum absolute atomic E-state index is 9.53. The molecule has 0 atom stereocenters. The van der Waals surface area contributed by atoms with Gasteiger partial charge in [-0.25, -0.2) is 4.98 Å². The molecule has 0 spiro atoms. The number of aliphatic hydroxyl groups excluding tert-OH is 1. The van der Waals surface area contributed by atoms with Crippen LogP contribution in [-0.2, 0) is 0 Å². The molecule has 0 unspecified atom stereocenters. The molecule has 1 aromatic rings. The number of nitrogens with zero attached hydrogens (tertiary/aromatic N) is 3. The quantitative estimate of drug-likeness (QED) is 0.778. The minimum absolute atomic E-state index is 0.0614. The van der Waals surface area contributed by atoms with Crippen LogP contribution in [0.25, 0.3) is 0 Å². The third-order valence-electron chi connectivity index (χ3n) is 5.11. The normalized spacial score (nSPS) is 21.7. The molecule has 0 aromatic carbocycles. The molecule has 3 rings (SSSR count). The maximum Gasteiger partial charge on any atom is 0.128 e. The summed E-state index contributed by atoms with van der Waals surface area (Å²) in [6, 6.07) is 6.79. The Morgan fingerprint density at radius 1 is 1.09 bits per heavy atom. The van der Waals surface area contributed by atoms with Gasteiger partial charge in [-0.15, -0.1) is 0 Å². The fourth-order valence-corrected chi connectivity index (χ4v) is 3.61. The minimum Gasteiger partial charge on any atom is -0.393 e. The van der Waals surface area contributed by atoms with Gasteiger partial charge in [0.2, 0.25) is 0 Å². The van der Waals surface area contributed by atoms with Gasteiger partial charge in [0.05, 0.1) is 6.10 Å². The number of anilines is 1. The average molecular weight is 318 g/mol. The van der Waals surface area contributed by atoms with Crippen LogP contribution in [0.15, 0.2) is 24.4 Å². The van der Waals surface area contributed by atoms with E-state index in [1.54, 1.807) is 0 Å². The van der Waals surface area contributed by atoms with Gasteiger partial charge in [-0.1, -0.05) is 6.07 Å². The highest BCUT2D eigenvalue weighted by molar-refractivity contribution is 5.38. The number of hydrogen-bond donors (Lipinski definition) is 2. The molecule has 0 radical (unpaired) electrons. The van der Waals surface area contributed by atoms with E-state index < -0.39 is 0 Å². The van der Waals surface area contributed by atoms with Gasteiger partial charge in [-0.2, -0.15) is 0 Å². The van der Waals surface area contributed by atoms with E-state index in [1.807, 2.05) is 12.3 Å². The first-order valence-electron chi connectivity index (χ1n) is 9.11. The van der Waals surface area contributed by atoms with Gasteiger partial charge in [0, 0.05) is 38.4 Å². The van der Waals surface area contributed by atoms with Crippen molar-refractivity contribution in [1.29, 1.82) is 0 Å². The second kappa shape index (κ2) is 8.62. The average Bonchev–Trinajstić information content (AvgIpc) is 2.62. The third kappa shape index (κ3) is 5.16. The highest BCUT2D eigenvalue weighted by atomic mass is 16.3.